The fourth-order valence-electron chi connectivity index (χ4n) is 2.92. The van der Waals surface area contributed by atoms with Crippen LogP contribution in [0.5, 0.6) is 5.75 Å². The summed E-state index contributed by atoms with van der Waals surface area (Å²) in [6, 6.07) is 11.5. The minimum Gasteiger partial charge on any atom is -0.492 e. The van der Waals surface area contributed by atoms with E-state index in [1.807, 2.05) is 43.3 Å². The van der Waals surface area contributed by atoms with E-state index in [-0.39, 0.29) is 0 Å². The van der Waals surface area contributed by atoms with Crippen LogP contribution in [0.2, 0.25) is 10.0 Å². The van der Waals surface area contributed by atoms with Crippen molar-refractivity contribution >= 4 is 34.2 Å². The van der Waals surface area contributed by atoms with E-state index in [1.165, 1.54) is 0 Å². The van der Waals surface area contributed by atoms with E-state index in [0.29, 0.717) is 34.0 Å². The first kappa shape index (κ1) is 17.8. The Morgan fingerprint density at radius 2 is 1.96 bits per heavy atom. The standard InChI is InChI=1S/C19H16Cl2N4O2/c1-2-26-16-6-4-11(7-15(16)21)3-5-12-9-17-13(8-14(12)20)10-18(27-17)19-22-24-25-23-19/h4,6-10H,2-3,5H2,1H3,(H,22,23,24,25). The first-order valence-electron chi connectivity index (χ1n) is 8.51. The van der Waals surface area contributed by atoms with Gasteiger partial charge in [-0.15, -0.1) is 10.2 Å². The van der Waals surface area contributed by atoms with Gasteiger partial charge in [0.05, 0.1) is 11.6 Å². The number of tetrazole rings is 1. The SMILES string of the molecule is CCOc1ccc(CCc2cc3oc(-c4nn[nH]n4)cc3cc2Cl)cc1Cl. The summed E-state index contributed by atoms with van der Waals surface area (Å²) in [5, 5.41) is 16.0. The smallest absolute Gasteiger partial charge is 0.239 e. The van der Waals surface area contributed by atoms with Gasteiger partial charge in [-0.25, -0.2) is 0 Å². The Hall–Kier alpha value is -2.57. The van der Waals surface area contributed by atoms with E-state index in [9.17, 15) is 0 Å². The zero-order chi connectivity index (χ0) is 18.8. The lowest BCUT2D eigenvalue weighted by molar-refractivity contribution is 0.340. The topological polar surface area (TPSA) is 76.8 Å². The second kappa shape index (κ2) is 7.58. The molecule has 0 radical (unpaired) electrons. The van der Waals surface area contributed by atoms with Gasteiger partial charge in [0, 0.05) is 10.4 Å². The molecule has 0 unspecified atom stereocenters. The van der Waals surface area contributed by atoms with Crippen molar-refractivity contribution in [1.29, 1.82) is 0 Å². The van der Waals surface area contributed by atoms with Crippen molar-refractivity contribution in [3.05, 3.63) is 57.6 Å². The molecule has 0 atom stereocenters. The van der Waals surface area contributed by atoms with Crippen LogP contribution in [0.25, 0.3) is 22.6 Å². The molecule has 8 heteroatoms. The lowest BCUT2D eigenvalue weighted by atomic mass is 10.0. The average Bonchev–Trinajstić information content (AvgIpc) is 3.31. The molecule has 4 rings (SSSR count). The largest absolute Gasteiger partial charge is 0.492 e. The van der Waals surface area contributed by atoms with Gasteiger partial charge in [0.25, 0.3) is 0 Å². The van der Waals surface area contributed by atoms with Crippen LogP contribution < -0.4 is 4.74 Å². The number of hydrogen-bond donors (Lipinski definition) is 1. The Bertz CT molecular complexity index is 1080. The van der Waals surface area contributed by atoms with Crippen LogP contribution in [0.4, 0.5) is 0 Å². The first-order valence-corrected chi connectivity index (χ1v) is 9.26. The molecule has 2 aromatic carbocycles. The lowest BCUT2D eigenvalue weighted by Gasteiger charge is -2.08. The molecule has 138 valence electrons. The van der Waals surface area contributed by atoms with Crippen molar-refractivity contribution < 1.29 is 9.15 Å². The molecule has 0 saturated heterocycles. The van der Waals surface area contributed by atoms with Crippen molar-refractivity contribution in [2.24, 2.45) is 0 Å². The number of ether oxygens (including phenoxy) is 1. The normalized spacial score (nSPS) is 11.2. The van der Waals surface area contributed by atoms with E-state index < -0.39 is 0 Å². The number of aryl methyl sites for hydroxylation is 2. The predicted molar refractivity (Wildman–Crippen MR) is 104 cm³/mol. The number of aromatic nitrogens is 4. The van der Waals surface area contributed by atoms with Crippen LogP contribution in [0.15, 0.2) is 40.8 Å². The maximum Gasteiger partial charge on any atom is 0.239 e. The van der Waals surface area contributed by atoms with Crippen molar-refractivity contribution in [3.8, 4) is 17.3 Å². The zero-order valence-corrected chi connectivity index (χ0v) is 16.0. The van der Waals surface area contributed by atoms with Crippen LogP contribution in [-0.4, -0.2) is 27.2 Å². The summed E-state index contributed by atoms with van der Waals surface area (Å²) in [6.07, 6.45) is 1.56. The van der Waals surface area contributed by atoms with Gasteiger partial charge in [0.2, 0.25) is 5.82 Å². The minimum absolute atomic E-state index is 0.410. The second-order valence-corrected chi connectivity index (χ2v) is 6.84. The maximum atomic E-state index is 6.46. The van der Waals surface area contributed by atoms with Crippen molar-refractivity contribution in [1.82, 2.24) is 20.6 Å². The van der Waals surface area contributed by atoms with Gasteiger partial charge in [0.1, 0.15) is 11.3 Å². The summed E-state index contributed by atoms with van der Waals surface area (Å²) in [6.45, 7) is 2.52. The van der Waals surface area contributed by atoms with Gasteiger partial charge in [-0.2, -0.15) is 5.21 Å². The number of nitrogens with one attached hydrogen (secondary N) is 1. The van der Waals surface area contributed by atoms with E-state index in [0.717, 1.165) is 34.9 Å². The molecule has 1 N–H and O–H groups in total. The molecule has 0 aliphatic carbocycles. The van der Waals surface area contributed by atoms with Crippen LogP contribution >= 0.6 is 23.2 Å². The molecule has 6 nitrogen and oxygen atoms in total. The highest BCUT2D eigenvalue weighted by molar-refractivity contribution is 6.32. The number of furan rings is 1. The fourth-order valence-corrected chi connectivity index (χ4v) is 3.44. The number of hydrogen-bond acceptors (Lipinski definition) is 5. The Morgan fingerprint density at radius 3 is 2.70 bits per heavy atom. The first-order chi connectivity index (χ1) is 13.1. The Kier molecular flexibility index (Phi) is 5.01. The van der Waals surface area contributed by atoms with E-state index in [1.54, 1.807) is 0 Å². The molecule has 2 aromatic heterocycles. The molecule has 0 spiro atoms. The van der Waals surface area contributed by atoms with Gasteiger partial charge in [-0.05, 0) is 66.4 Å². The van der Waals surface area contributed by atoms with E-state index >= 15 is 0 Å². The maximum absolute atomic E-state index is 6.46. The molecule has 4 aromatic rings. The van der Waals surface area contributed by atoms with Crippen molar-refractivity contribution in [2.75, 3.05) is 6.61 Å². The highest BCUT2D eigenvalue weighted by Crippen LogP contribution is 2.31. The number of halogens is 2. The number of aromatic amines is 1. The van der Waals surface area contributed by atoms with Crippen molar-refractivity contribution in [3.63, 3.8) is 0 Å². The van der Waals surface area contributed by atoms with E-state index in [4.69, 9.17) is 32.4 Å². The summed E-state index contributed by atoms with van der Waals surface area (Å²) < 4.78 is 11.3. The summed E-state index contributed by atoms with van der Waals surface area (Å²) >= 11 is 12.7. The Balaban J connectivity index is 1.55. The predicted octanol–water partition coefficient (Wildman–Crippen LogP) is 5.10. The van der Waals surface area contributed by atoms with Gasteiger partial charge in [-0.3, -0.25) is 0 Å². The molecule has 0 aliphatic heterocycles. The number of fused-ring (bicyclic) bond motifs is 1. The molecule has 0 amide bonds. The quantitative estimate of drug-likeness (QED) is 0.485. The van der Waals surface area contributed by atoms with Gasteiger partial charge in [0.15, 0.2) is 5.76 Å². The van der Waals surface area contributed by atoms with Crippen LogP contribution in [0.1, 0.15) is 18.1 Å². The Morgan fingerprint density at radius 1 is 1.07 bits per heavy atom. The van der Waals surface area contributed by atoms with Crippen molar-refractivity contribution in [2.45, 2.75) is 19.8 Å². The third kappa shape index (κ3) is 3.77. The molecule has 2 heterocycles. The number of nitrogens with zero attached hydrogens (tertiary/aromatic N) is 3. The average molecular weight is 403 g/mol. The summed E-state index contributed by atoms with van der Waals surface area (Å²) in [4.78, 5) is 0. The minimum atomic E-state index is 0.410. The zero-order valence-electron chi connectivity index (χ0n) is 14.5. The third-order valence-electron chi connectivity index (χ3n) is 4.23. The number of benzene rings is 2. The van der Waals surface area contributed by atoms with Gasteiger partial charge in [-0.1, -0.05) is 29.3 Å². The molecule has 0 saturated carbocycles. The third-order valence-corrected chi connectivity index (χ3v) is 4.88. The second-order valence-electron chi connectivity index (χ2n) is 6.03. The highest BCUT2D eigenvalue weighted by atomic mass is 35.5. The van der Waals surface area contributed by atoms with Crippen LogP contribution in [0.3, 0.4) is 0 Å². The molecular weight excluding hydrogens is 387 g/mol. The molecule has 27 heavy (non-hydrogen) atoms. The Labute approximate surface area is 165 Å². The summed E-state index contributed by atoms with van der Waals surface area (Å²) in [5.41, 5.74) is 2.86. The molecule has 0 fully saturated rings. The summed E-state index contributed by atoms with van der Waals surface area (Å²) in [5.74, 6) is 1.66. The molecule has 0 bridgehead atoms. The van der Waals surface area contributed by atoms with Crippen LogP contribution in [0, 0.1) is 0 Å². The van der Waals surface area contributed by atoms with Gasteiger partial charge < -0.3 is 9.15 Å². The molecular formula is C19H16Cl2N4O2. The lowest BCUT2D eigenvalue weighted by Crippen LogP contribution is -1.95. The monoisotopic (exact) mass is 402 g/mol. The summed E-state index contributed by atoms with van der Waals surface area (Å²) in [7, 11) is 0. The molecule has 0 aliphatic rings. The highest BCUT2D eigenvalue weighted by Gasteiger charge is 2.13. The number of H-pyrrole nitrogens is 1. The van der Waals surface area contributed by atoms with Crippen LogP contribution in [-0.2, 0) is 12.8 Å². The fraction of sp³-hybridized carbons (Fsp3) is 0.211. The number of rotatable bonds is 6. The van der Waals surface area contributed by atoms with E-state index in [2.05, 4.69) is 20.6 Å². The van der Waals surface area contributed by atoms with Gasteiger partial charge >= 0.3 is 0 Å².